The molecule has 116 valence electrons. The zero-order chi connectivity index (χ0) is 14.6. The van der Waals surface area contributed by atoms with Crippen LogP contribution in [0.25, 0.3) is 0 Å². The maximum Gasteiger partial charge on any atom is -0.00773 e. The van der Waals surface area contributed by atoms with Crippen molar-refractivity contribution < 1.29 is 0 Å². The van der Waals surface area contributed by atoms with Crippen molar-refractivity contribution in [3.63, 3.8) is 0 Å². The molecule has 0 rings (SSSR count). The first-order valence-corrected chi connectivity index (χ1v) is 8.60. The third-order valence-electron chi connectivity index (χ3n) is 3.31. The highest BCUT2D eigenvalue weighted by atomic mass is 14.5. The van der Waals surface area contributed by atoms with Gasteiger partial charge in [0.1, 0.15) is 0 Å². The molecule has 0 unspecified atom stereocenters. The topological polar surface area (TPSA) is 26.0 Å². The van der Waals surface area contributed by atoms with E-state index in [2.05, 4.69) is 13.5 Å². The van der Waals surface area contributed by atoms with Gasteiger partial charge in [-0.25, -0.2) is 0 Å². The van der Waals surface area contributed by atoms with Gasteiger partial charge in [0.15, 0.2) is 0 Å². The number of hydrogen-bond donors (Lipinski definition) is 1. The van der Waals surface area contributed by atoms with Gasteiger partial charge >= 0.3 is 0 Å². The summed E-state index contributed by atoms with van der Waals surface area (Å²) in [6.07, 6.45) is 20.1. The van der Waals surface area contributed by atoms with Gasteiger partial charge in [-0.15, -0.1) is 6.58 Å². The molecule has 2 N–H and O–H groups in total. The summed E-state index contributed by atoms with van der Waals surface area (Å²) in [4.78, 5) is 0. The van der Waals surface area contributed by atoms with E-state index in [9.17, 15) is 0 Å². The molecule has 0 fully saturated rings. The van der Waals surface area contributed by atoms with Crippen LogP contribution in [0.4, 0.5) is 0 Å². The second kappa shape index (κ2) is 22.8. The highest BCUT2D eigenvalue weighted by Crippen LogP contribution is 2.12. The summed E-state index contributed by atoms with van der Waals surface area (Å²) in [7, 11) is 0. The van der Waals surface area contributed by atoms with Crippen LogP contribution in [-0.4, -0.2) is 6.54 Å². The highest BCUT2D eigenvalue weighted by Gasteiger charge is 1.92. The van der Waals surface area contributed by atoms with Gasteiger partial charge in [0.05, 0.1) is 0 Å². The van der Waals surface area contributed by atoms with E-state index in [4.69, 9.17) is 5.73 Å². The Morgan fingerprint density at radius 1 is 0.684 bits per heavy atom. The highest BCUT2D eigenvalue weighted by molar-refractivity contribution is 4.51. The summed E-state index contributed by atoms with van der Waals surface area (Å²) < 4.78 is 0. The summed E-state index contributed by atoms with van der Waals surface area (Å²) in [6, 6.07) is 0. The Balaban J connectivity index is 0. The lowest BCUT2D eigenvalue weighted by Gasteiger charge is -2.02. The minimum absolute atomic E-state index is 0.873. The van der Waals surface area contributed by atoms with E-state index in [0.717, 1.165) is 6.54 Å². The van der Waals surface area contributed by atoms with Crippen molar-refractivity contribution in [3.05, 3.63) is 12.7 Å². The van der Waals surface area contributed by atoms with Gasteiger partial charge in [-0.05, 0) is 19.9 Å². The Bertz CT molecular complexity index is 129. The SMILES string of the molecule is C=CC.CCCCCCCCCCCCCCCN. The average Bonchev–Trinajstić information content (AvgIpc) is 2.41. The van der Waals surface area contributed by atoms with Crippen molar-refractivity contribution in [3.8, 4) is 0 Å². The van der Waals surface area contributed by atoms with Crippen LogP contribution >= 0.6 is 0 Å². The van der Waals surface area contributed by atoms with Crippen molar-refractivity contribution >= 4 is 0 Å². The minimum Gasteiger partial charge on any atom is -0.330 e. The van der Waals surface area contributed by atoms with Crippen LogP contribution in [0.2, 0.25) is 0 Å². The Kier molecular flexibility index (Phi) is 25.3. The molecule has 1 nitrogen and oxygen atoms in total. The van der Waals surface area contributed by atoms with Crippen molar-refractivity contribution in [2.24, 2.45) is 5.73 Å². The molecule has 0 radical (unpaired) electrons. The first-order valence-electron chi connectivity index (χ1n) is 8.60. The molecule has 0 saturated carbocycles. The first kappa shape index (κ1) is 21.0. The van der Waals surface area contributed by atoms with Crippen LogP contribution < -0.4 is 5.73 Å². The van der Waals surface area contributed by atoms with Crippen LogP contribution in [0.5, 0.6) is 0 Å². The van der Waals surface area contributed by atoms with Crippen molar-refractivity contribution in [2.75, 3.05) is 6.54 Å². The Hall–Kier alpha value is -0.300. The Morgan fingerprint density at radius 3 is 1.21 bits per heavy atom. The predicted molar refractivity (Wildman–Crippen MR) is 90.6 cm³/mol. The number of hydrogen-bond acceptors (Lipinski definition) is 1. The molecular weight excluding hydrogens is 230 g/mol. The van der Waals surface area contributed by atoms with Crippen LogP contribution in [0.3, 0.4) is 0 Å². The molecule has 0 atom stereocenters. The van der Waals surface area contributed by atoms with E-state index < -0.39 is 0 Å². The van der Waals surface area contributed by atoms with Gasteiger partial charge in [0.2, 0.25) is 0 Å². The van der Waals surface area contributed by atoms with Gasteiger partial charge in [-0.3, -0.25) is 0 Å². The zero-order valence-electron chi connectivity index (χ0n) is 13.8. The van der Waals surface area contributed by atoms with E-state index in [1.807, 2.05) is 6.92 Å². The summed E-state index contributed by atoms with van der Waals surface area (Å²) >= 11 is 0. The molecule has 19 heavy (non-hydrogen) atoms. The zero-order valence-corrected chi connectivity index (χ0v) is 13.8. The van der Waals surface area contributed by atoms with E-state index in [0.29, 0.717) is 0 Å². The fourth-order valence-electron chi connectivity index (χ4n) is 2.16. The summed E-state index contributed by atoms with van der Waals surface area (Å²) in [5, 5.41) is 0. The van der Waals surface area contributed by atoms with Crippen molar-refractivity contribution in [2.45, 2.75) is 97.3 Å². The number of allylic oxidation sites excluding steroid dienone is 1. The quantitative estimate of drug-likeness (QED) is 0.311. The summed E-state index contributed by atoms with van der Waals surface area (Å²) in [6.45, 7) is 8.41. The van der Waals surface area contributed by atoms with Gasteiger partial charge in [-0.1, -0.05) is 90.0 Å². The van der Waals surface area contributed by atoms with Gasteiger partial charge in [-0.2, -0.15) is 0 Å². The third-order valence-corrected chi connectivity index (χ3v) is 3.31. The van der Waals surface area contributed by atoms with E-state index in [1.54, 1.807) is 6.08 Å². The lowest BCUT2D eigenvalue weighted by Crippen LogP contribution is -1.97. The monoisotopic (exact) mass is 269 g/mol. The van der Waals surface area contributed by atoms with Crippen LogP contribution in [0.1, 0.15) is 97.3 Å². The largest absolute Gasteiger partial charge is 0.330 e. The summed E-state index contributed by atoms with van der Waals surface area (Å²) in [5.41, 5.74) is 5.46. The Labute approximate surface area is 123 Å². The second-order valence-electron chi connectivity index (χ2n) is 5.44. The third kappa shape index (κ3) is 27.0. The molecule has 0 spiro atoms. The van der Waals surface area contributed by atoms with Crippen molar-refractivity contribution in [1.29, 1.82) is 0 Å². The lowest BCUT2D eigenvalue weighted by molar-refractivity contribution is 0.540. The lowest BCUT2D eigenvalue weighted by atomic mass is 10.0. The average molecular weight is 270 g/mol. The molecular formula is C18H39N. The normalized spacial score (nSPS) is 9.84. The molecule has 0 heterocycles. The second-order valence-corrected chi connectivity index (χ2v) is 5.44. The van der Waals surface area contributed by atoms with Gasteiger partial charge < -0.3 is 5.73 Å². The predicted octanol–water partition coefficient (Wildman–Crippen LogP) is 6.23. The fraction of sp³-hybridized carbons (Fsp3) is 0.889. The maximum absolute atomic E-state index is 5.46. The number of unbranched alkanes of at least 4 members (excludes halogenated alkanes) is 12. The molecule has 0 saturated heterocycles. The smallest absolute Gasteiger partial charge is 0.00773 e. The maximum atomic E-state index is 5.46. The standard InChI is InChI=1S/C15H33N.C3H6/c1-2-3-4-5-6-7-8-9-10-11-12-13-14-15-16;1-3-2/h2-16H2,1H3;3H,1H2,2H3. The molecule has 0 aliphatic rings. The van der Waals surface area contributed by atoms with E-state index in [-0.39, 0.29) is 0 Å². The van der Waals surface area contributed by atoms with E-state index in [1.165, 1.54) is 83.5 Å². The molecule has 0 amide bonds. The Morgan fingerprint density at radius 2 is 0.947 bits per heavy atom. The molecule has 0 aliphatic heterocycles. The van der Waals surface area contributed by atoms with Crippen molar-refractivity contribution in [1.82, 2.24) is 0 Å². The minimum atomic E-state index is 0.873. The van der Waals surface area contributed by atoms with Gasteiger partial charge in [0, 0.05) is 0 Å². The number of nitrogens with two attached hydrogens (primary N) is 1. The molecule has 0 bridgehead atoms. The number of rotatable bonds is 13. The van der Waals surface area contributed by atoms with Crippen LogP contribution in [0.15, 0.2) is 12.7 Å². The molecule has 0 aromatic carbocycles. The molecule has 0 aromatic rings. The molecule has 0 aliphatic carbocycles. The van der Waals surface area contributed by atoms with Crippen LogP contribution in [-0.2, 0) is 0 Å². The molecule has 1 heteroatoms. The van der Waals surface area contributed by atoms with Crippen LogP contribution in [0, 0.1) is 0 Å². The fourth-order valence-corrected chi connectivity index (χ4v) is 2.16. The summed E-state index contributed by atoms with van der Waals surface area (Å²) in [5.74, 6) is 0. The van der Waals surface area contributed by atoms with E-state index >= 15 is 0 Å². The van der Waals surface area contributed by atoms with Gasteiger partial charge in [0.25, 0.3) is 0 Å². The molecule has 0 aromatic heterocycles. The first-order chi connectivity index (χ1) is 9.33.